The second-order valence-electron chi connectivity index (χ2n) is 5.94. The molecular formula is C19H18N2. The second kappa shape index (κ2) is 4.68. The van der Waals surface area contributed by atoms with Crippen LogP contribution in [0.2, 0.25) is 0 Å². The molecule has 0 saturated heterocycles. The minimum absolute atomic E-state index is 0.0607. The summed E-state index contributed by atoms with van der Waals surface area (Å²) in [5.74, 6) is 0.442. The molecule has 2 aromatic carbocycles. The molecule has 0 radical (unpaired) electrons. The van der Waals surface area contributed by atoms with Gasteiger partial charge in [0.15, 0.2) is 0 Å². The summed E-state index contributed by atoms with van der Waals surface area (Å²) >= 11 is 0. The Hall–Kier alpha value is -2.19. The van der Waals surface area contributed by atoms with Crippen molar-refractivity contribution in [2.45, 2.75) is 25.3 Å². The molecule has 104 valence electrons. The van der Waals surface area contributed by atoms with Gasteiger partial charge in [0, 0.05) is 23.0 Å². The van der Waals surface area contributed by atoms with Gasteiger partial charge in [-0.25, -0.2) is 0 Å². The van der Waals surface area contributed by atoms with Crippen LogP contribution in [0.4, 0.5) is 0 Å². The zero-order valence-corrected chi connectivity index (χ0v) is 12.1. The predicted octanol–water partition coefficient (Wildman–Crippen LogP) is 3.88. The molecule has 2 N–H and O–H groups in total. The van der Waals surface area contributed by atoms with E-state index in [-0.39, 0.29) is 6.04 Å². The standard InChI is InChI=1S/C19H18N2/c1-12-6-7-14-10-15(8-9-18(14)21-12)19(20)17-11-13-4-2-3-5-16(13)17/h2-10,17,19H,11,20H2,1H3. The zero-order valence-electron chi connectivity index (χ0n) is 12.1. The quantitative estimate of drug-likeness (QED) is 0.770. The lowest BCUT2D eigenvalue weighted by molar-refractivity contribution is 0.500. The number of aromatic nitrogens is 1. The summed E-state index contributed by atoms with van der Waals surface area (Å²) < 4.78 is 0. The lowest BCUT2D eigenvalue weighted by Gasteiger charge is -2.35. The average molecular weight is 274 g/mol. The van der Waals surface area contributed by atoms with E-state index in [1.54, 1.807) is 0 Å². The first kappa shape index (κ1) is 12.5. The molecule has 4 rings (SSSR count). The van der Waals surface area contributed by atoms with E-state index in [2.05, 4.69) is 59.6 Å². The van der Waals surface area contributed by atoms with Crippen LogP contribution in [0.5, 0.6) is 0 Å². The van der Waals surface area contributed by atoms with Gasteiger partial charge in [-0.2, -0.15) is 0 Å². The molecule has 2 heteroatoms. The van der Waals surface area contributed by atoms with Crippen LogP contribution in [0.3, 0.4) is 0 Å². The Bertz CT molecular complexity index is 823. The summed E-state index contributed by atoms with van der Waals surface area (Å²) in [6, 6.07) is 19.2. The second-order valence-corrected chi connectivity index (χ2v) is 5.94. The lowest BCUT2D eigenvalue weighted by atomic mass is 9.72. The Kier molecular flexibility index (Phi) is 2.79. The van der Waals surface area contributed by atoms with Crippen molar-refractivity contribution < 1.29 is 0 Å². The molecule has 2 atom stereocenters. The normalized spacial score (nSPS) is 18.1. The van der Waals surface area contributed by atoms with Crippen LogP contribution in [0.1, 0.15) is 34.3 Å². The molecule has 1 heterocycles. The van der Waals surface area contributed by atoms with Gasteiger partial charge in [0.2, 0.25) is 0 Å². The van der Waals surface area contributed by atoms with Crippen LogP contribution in [0.15, 0.2) is 54.6 Å². The number of hydrogen-bond acceptors (Lipinski definition) is 2. The molecule has 2 nitrogen and oxygen atoms in total. The number of nitrogens with two attached hydrogens (primary N) is 1. The summed E-state index contributed by atoms with van der Waals surface area (Å²) in [7, 11) is 0. The van der Waals surface area contributed by atoms with Crippen LogP contribution in [-0.2, 0) is 6.42 Å². The van der Waals surface area contributed by atoms with Crippen molar-refractivity contribution >= 4 is 10.9 Å². The highest BCUT2D eigenvalue weighted by Crippen LogP contribution is 2.42. The molecule has 1 aliphatic rings. The number of aryl methyl sites for hydroxylation is 1. The molecule has 0 fully saturated rings. The Morgan fingerprint density at radius 1 is 1.10 bits per heavy atom. The number of hydrogen-bond donors (Lipinski definition) is 1. The van der Waals surface area contributed by atoms with E-state index >= 15 is 0 Å². The van der Waals surface area contributed by atoms with Crippen LogP contribution >= 0.6 is 0 Å². The Balaban J connectivity index is 1.69. The summed E-state index contributed by atoms with van der Waals surface area (Å²) in [5, 5.41) is 1.17. The number of pyridine rings is 1. The first-order valence-corrected chi connectivity index (χ1v) is 7.43. The van der Waals surface area contributed by atoms with E-state index in [1.165, 1.54) is 22.1 Å². The van der Waals surface area contributed by atoms with E-state index in [4.69, 9.17) is 5.73 Å². The molecule has 1 aromatic heterocycles. The van der Waals surface area contributed by atoms with E-state index in [0.717, 1.165) is 17.6 Å². The van der Waals surface area contributed by atoms with Gasteiger partial charge in [-0.15, -0.1) is 0 Å². The van der Waals surface area contributed by atoms with E-state index in [0.29, 0.717) is 5.92 Å². The van der Waals surface area contributed by atoms with Crippen molar-refractivity contribution in [2.75, 3.05) is 0 Å². The van der Waals surface area contributed by atoms with Gasteiger partial charge in [0.25, 0.3) is 0 Å². The highest BCUT2D eigenvalue weighted by Gasteiger charge is 2.31. The van der Waals surface area contributed by atoms with Crippen LogP contribution < -0.4 is 5.73 Å². The first-order valence-electron chi connectivity index (χ1n) is 7.43. The van der Waals surface area contributed by atoms with Crippen LogP contribution in [0, 0.1) is 6.92 Å². The summed E-state index contributed by atoms with van der Waals surface area (Å²) in [6.45, 7) is 2.02. The van der Waals surface area contributed by atoms with Crippen molar-refractivity contribution in [3.8, 4) is 0 Å². The molecule has 2 unspecified atom stereocenters. The molecule has 0 amide bonds. The monoisotopic (exact) mass is 274 g/mol. The third kappa shape index (κ3) is 2.03. The van der Waals surface area contributed by atoms with Gasteiger partial charge in [-0.3, -0.25) is 4.98 Å². The topological polar surface area (TPSA) is 38.9 Å². The summed E-state index contributed by atoms with van der Waals surface area (Å²) in [4.78, 5) is 4.55. The highest BCUT2D eigenvalue weighted by atomic mass is 14.7. The van der Waals surface area contributed by atoms with Crippen molar-refractivity contribution in [3.05, 3.63) is 77.0 Å². The Labute approximate surface area is 124 Å². The Morgan fingerprint density at radius 3 is 2.81 bits per heavy atom. The largest absolute Gasteiger partial charge is 0.323 e. The summed E-state index contributed by atoms with van der Waals surface area (Å²) in [6.07, 6.45) is 1.08. The van der Waals surface area contributed by atoms with Gasteiger partial charge >= 0.3 is 0 Å². The smallest absolute Gasteiger partial charge is 0.0705 e. The van der Waals surface area contributed by atoms with Gasteiger partial charge in [0.1, 0.15) is 0 Å². The fraction of sp³-hybridized carbons (Fsp3) is 0.211. The van der Waals surface area contributed by atoms with Gasteiger partial charge in [-0.1, -0.05) is 36.4 Å². The third-order valence-electron chi connectivity index (χ3n) is 4.57. The van der Waals surface area contributed by atoms with Crippen molar-refractivity contribution in [2.24, 2.45) is 5.73 Å². The van der Waals surface area contributed by atoms with Crippen LogP contribution in [0.25, 0.3) is 10.9 Å². The number of fused-ring (bicyclic) bond motifs is 2. The maximum absolute atomic E-state index is 6.52. The van der Waals surface area contributed by atoms with Gasteiger partial charge in [-0.05, 0) is 48.2 Å². The van der Waals surface area contributed by atoms with E-state index < -0.39 is 0 Å². The van der Waals surface area contributed by atoms with Crippen molar-refractivity contribution in [1.82, 2.24) is 4.98 Å². The average Bonchev–Trinajstić information content (AvgIpc) is 2.48. The SMILES string of the molecule is Cc1ccc2cc(C(N)C3Cc4ccccc43)ccc2n1. The Morgan fingerprint density at radius 2 is 1.95 bits per heavy atom. The fourth-order valence-electron chi connectivity index (χ4n) is 3.30. The van der Waals surface area contributed by atoms with Gasteiger partial charge in [0.05, 0.1) is 5.52 Å². The zero-order chi connectivity index (χ0) is 14.4. The molecule has 21 heavy (non-hydrogen) atoms. The molecule has 0 saturated carbocycles. The lowest BCUT2D eigenvalue weighted by Crippen LogP contribution is -2.28. The van der Waals surface area contributed by atoms with Crippen LogP contribution in [-0.4, -0.2) is 4.98 Å². The summed E-state index contributed by atoms with van der Waals surface area (Å²) in [5.41, 5.74) is 12.7. The minimum Gasteiger partial charge on any atom is -0.323 e. The fourth-order valence-corrected chi connectivity index (χ4v) is 3.30. The molecule has 3 aromatic rings. The molecule has 0 spiro atoms. The highest BCUT2D eigenvalue weighted by molar-refractivity contribution is 5.79. The number of benzene rings is 2. The first-order chi connectivity index (χ1) is 10.2. The molecule has 1 aliphatic carbocycles. The number of rotatable bonds is 2. The van der Waals surface area contributed by atoms with E-state index in [9.17, 15) is 0 Å². The molecule has 0 bridgehead atoms. The number of nitrogens with zero attached hydrogens (tertiary/aromatic N) is 1. The minimum atomic E-state index is 0.0607. The molecule has 0 aliphatic heterocycles. The maximum atomic E-state index is 6.52. The van der Waals surface area contributed by atoms with Crippen molar-refractivity contribution in [3.63, 3.8) is 0 Å². The maximum Gasteiger partial charge on any atom is 0.0705 e. The van der Waals surface area contributed by atoms with Crippen molar-refractivity contribution in [1.29, 1.82) is 0 Å². The van der Waals surface area contributed by atoms with Gasteiger partial charge < -0.3 is 5.73 Å². The van der Waals surface area contributed by atoms with E-state index in [1.807, 2.05) is 6.92 Å². The predicted molar refractivity (Wildman–Crippen MR) is 86.3 cm³/mol. The molecular weight excluding hydrogens is 256 g/mol. The third-order valence-corrected chi connectivity index (χ3v) is 4.57.